The van der Waals surface area contributed by atoms with Crippen molar-refractivity contribution in [2.24, 2.45) is 0 Å². The third-order valence-electron chi connectivity index (χ3n) is 4.34. The van der Waals surface area contributed by atoms with E-state index in [0.29, 0.717) is 12.1 Å². The van der Waals surface area contributed by atoms with Gasteiger partial charge in [0.15, 0.2) is 0 Å². The van der Waals surface area contributed by atoms with Gasteiger partial charge < -0.3 is 4.90 Å². The van der Waals surface area contributed by atoms with Crippen LogP contribution >= 0.6 is 11.5 Å². The van der Waals surface area contributed by atoms with Gasteiger partial charge in [0.1, 0.15) is 4.83 Å². The van der Waals surface area contributed by atoms with Gasteiger partial charge in [0.25, 0.3) is 5.91 Å². The second kappa shape index (κ2) is 5.73. The number of fused-ring (bicyclic) bond motifs is 1. The summed E-state index contributed by atoms with van der Waals surface area (Å²) in [5.74, 6) is 0.0434. The lowest BCUT2D eigenvalue weighted by molar-refractivity contribution is 0.0673. The molecule has 0 unspecified atom stereocenters. The lowest BCUT2D eigenvalue weighted by atomic mass is 10.0. The number of pyridine rings is 1. The summed E-state index contributed by atoms with van der Waals surface area (Å²) in [5, 5.41) is 5.29. The molecule has 23 heavy (non-hydrogen) atoms. The average molecular weight is 327 g/mol. The van der Waals surface area contributed by atoms with Crippen molar-refractivity contribution in [3.8, 4) is 0 Å². The molecule has 3 aromatic rings. The molecule has 7 heteroatoms. The summed E-state index contributed by atoms with van der Waals surface area (Å²) in [6.07, 6.45) is 7.46. The topological polar surface area (TPSA) is 63.9 Å². The maximum atomic E-state index is 12.8. The summed E-state index contributed by atoms with van der Waals surface area (Å²) in [6, 6.07) is 4.09. The van der Waals surface area contributed by atoms with E-state index in [4.69, 9.17) is 0 Å². The van der Waals surface area contributed by atoms with Crippen LogP contribution in [-0.4, -0.2) is 43.0 Å². The van der Waals surface area contributed by atoms with Gasteiger partial charge in [-0.15, -0.1) is 0 Å². The first-order valence-corrected chi connectivity index (χ1v) is 8.50. The molecule has 1 amide bonds. The zero-order valence-electron chi connectivity index (χ0n) is 12.8. The van der Waals surface area contributed by atoms with Crippen LogP contribution in [0.15, 0.2) is 30.7 Å². The van der Waals surface area contributed by atoms with E-state index in [1.165, 1.54) is 11.5 Å². The summed E-state index contributed by atoms with van der Waals surface area (Å²) >= 11 is 1.37. The van der Waals surface area contributed by atoms with Crippen LogP contribution in [0.5, 0.6) is 0 Å². The predicted octanol–water partition coefficient (Wildman–Crippen LogP) is 2.67. The Bertz CT molecular complexity index is 841. The van der Waals surface area contributed by atoms with Crippen molar-refractivity contribution >= 4 is 27.7 Å². The van der Waals surface area contributed by atoms with Crippen molar-refractivity contribution in [2.75, 3.05) is 13.1 Å². The highest BCUT2D eigenvalue weighted by Gasteiger charge is 2.26. The number of nitrogens with zero attached hydrogens (tertiary/aromatic N) is 5. The zero-order valence-corrected chi connectivity index (χ0v) is 13.7. The molecule has 0 saturated carbocycles. The van der Waals surface area contributed by atoms with Gasteiger partial charge in [-0.05, 0) is 43.4 Å². The maximum Gasteiger partial charge on any atom is 0.255 e. The van der Waals surface area contributed by atoms with Gasteiger partial charge in [-0.3, -0.25) is 9.48 Å². The smallest absolute Gasteiger partial charge is 0.255 e. The van der Waals surface area contributed by atoms with Gasteiger partial charge in [0.05, 0.1) is 17.3 Å². The normalized spacial score (nSPS) is 18.5. The molecule has 1 fully saturated rings. The summed E-state index contributed by atoms with van der Waals surface area (Å²) < 4.78 is 6.25. The fourth-order valence-electron chi connectivity index (χ4n) is 3.10. The standard InChI is InChI=1S/C16H17N5OS/c1-11-14-8-12(9-17-15(14)23-19-11)16(22)20-6-2-4-13(10-20)21-7-3-5-18-21/h3,5,7-9,13H,2,4,6,10H2,1H3/t13-/m1/s1. The van der Waals surface area contributed by atoms with Crippen LogP contribution in [-0.2, 0) is 0 Å². The Kier molecular flexibility index (Phi) is 3.57. The Morgan fingerprint density at radius 1 is 1.43 bits per heavy atom. The number of piperidine rings is 1. The number of aryl methyl sites for hydroxylation is 1. The molecule has 0 aromatic carbocycles. The van der Waals surface area contributed by atoms with E-state index in [2.05, 4.69) is 14.5 Å². The van der Waals surface area contributed by atoms with Crippen molar-refractivity contribution in [3.63, 3.8) is 0 Å². The van der Waals surface area contributed by atoms with Crippen molar-refractivity contribution in [1.82, 2.24) is 24.0 Å². The number of amides is 1. The molecule has 3 aromatic heterocycles. The van der Waals surface area contributed by atoms with Crippen LogP contribution in [0.2, 0.25) is 0 Å². The van der Waals surface area contributed by atoms with E-state index >= 15 is 0 Å². The molecule has 0 radical (unpaired) electrons. The Hall–Kier alpha value is -2.28. The van der Waals surface area contributed by atoms with E-state index in [9.17, 15) is 4.79 Å². The molecule has 1 atom stereocenters. The van der Waals surface area contributed by atoms with E-state index in [-0.39, 0.29) is 11.9 Å². The first-order chi connectivity index (χ1) is 11.2. The molecule has 0 aliphatic carbocycles. The zero-order chi connectivity index (χ0) is 15.8. The molecule has 1 aliphatic heterocycles. The van der Waals surface area contributed by atoms with Gasteiger partial charge in [-0.2, -0.15) is 9.47 Å². The third kappa shape index (κ3) is 2.61. The molecule has 0 bridgehead atoms. The fourth-order valence-corrected chi connectivity index (χ4v) is 3.82. The molecule has 4 rings (SSSR count). The highest BCUT2D eigenvalue weighted by atomic mass is 32.1. The average Bonchev–Trinajstić information content (AvgIpc) is 3.25. The number of hydrogen-bond donors (Lipinski definition) is 0. The lowest BCUT2D eigenvalue weighted by Gasteiger charge is -2.32. The van der Waals surface area contributed by atoms with E-state index in [1.807, 2.05) is 34.8 Å². The first-order valence-electron chi connectivity index (χ1n) is 7.73. The van der Waals surface area contributed by atoms with Gasteiger partial charge >= 0.3 is 0 Å². The maximum absolute atomic E-state index is 12.8. The molecule has 4 heterocycles. The number of hydrogen-bond acceptors (Lipinski definition) is 5. The molecular weight excluding hydrogens is 310 g/mol. The lowest BCUT2D eigenvalue weighted by Crippen LogP contribution is -2.40. The molecule has 6 nitrogen and oxygen atoms in total. The van der Waals surface area contributed by atoms with Crippen LogP contribution in [0.4, 0.5) is 0 Å². The summed E-state index contributed by atoms with van der Waals surface area (Å²) in [6.45, 7) is 3.43. The monoisotopic (exact) mass is 327 g/mol. The van der Waals surface area contributed by atoms with Crippen LogP contribution in [0, 0.1) is 6.92 Å². The third-order valence-corrected chi connectivity index (χ3v) is 5.20. The Morgan fingerprint density at radius 2 is 2.35 bits per heavy atom. The van der Waals surface area contributed by atoms with Crippen LogP contribution in [0.25, 0.3) is 10.2 Å². The fraction of sp³-hybridized carbons (Fsp3) is 0.375. The van der Waals surface area contributed by atoms with E-state index in [1.54, 1.807) is 12.4 Å². The minimum Gasteiger partial charge on any atom is -0.336 e. The SMILES string of the molecule is Cc1nsc2ncc(C(=O)N3CCC[C@@H](n4cccn4)C3)cc12. The Morgan fingerprint density at radius 3 is 3.17 bits per heavy atom. The number of carbonyl (C=O) groups is 1. The van der Waals surface area contributed by atoms with Crippen molar-refractivity contribution in [1.29, 1.82) is 0 Å². The van der Waals surface area contributed by atoms with Gasteiger partial charge in [-0.25, -0.2) is 4.98 Å². The largest absolute Gasteiger partial charge is 0.336 e. The number of carbonyl (C=O) groups excluding carboxylic acids is 1. The number of aromatic nitrogens is 4. The Balaban J connectivity index is 1.58. The van der Waals surface area contributed by atoms with Crippen LogP contribution in [0.3, 0.4) is 0 Å². The summed E-state index contributed by atoms with van der Waals surface area (Å²) in [4.78, 5) is 20.0. The number of likely N-dealkylation sites (tertiary alicyclic amines) is 1. The molecular formula is C16H17N5OS. The highest BCUT2D eigenvalue weighted by Crippen LogP contribution is 2.24. The Labute approximate surface area is 137 Å². The summed E-state index contributed by atoms with van der Waals surface area (Å²) in [5.41, 5.74) is 1.57. The van der Waals surface area contributed by atoms with Crippen molar-refractivity contribution in [2.45, 2.75) is 25.8 Å². The van der Waals surface area contributed by atoms with Crippen molar-refractivity contribution in [3.05, 3.63) is 42.0 Å². The molecule has 1 saturated heterocycles. The molecule has 1 aliphatic rings. The van der Waals surface area contributed by atoms with E-state index in [0.717, 1.165) is 35.3 Å². The van der Waals surface area contributed by atoms with Crippen LogP contribution in [0.1, 0.15) is 34.9 Å². The first kappa shape index (κ1) is 14.3. The molecule has 0 spiro atoms. The number of rotatable bonds is 2. The summed E-state index contributed by atoms with van der Waals surface area (Å²) in [7, 11) is 0. The van der Waals surface area contributed by atoms with Gasteiger partial charge in [0.2, 0.25) is 0 Å². The molecule has 118 valence electrons. The van der Waals surface area contributed by atoms with Crippen molar-refractivity contribution < 1.29 is 4.79 Å². The highest BCUT2D eigenvalue weighted by molar-refractivity contribution is 7.12. The second-order valence-electron chi connectivity index (χ2n) is 5.88. The minimum atomic E-state index is 0.0434. The van der Waals surface area contributed by atoms with Crippen LogP contribution < -0.4 is 0 Å². The quantitative estimate of drug-likeness (QED) is 0.726. The van der Waals surface area contributed by atoms with Gasteiger partial charge in [-0.1, -0.05) is 0 Å². The predicted molar refractivity (Wildman–Crippen MR) is 88.6 cm³/mol. The minimum absolute atomic E-state index is 0.0434. The van der Waals surface area contributed by atoms with E-state index < -0.39 is 0 Å². The van der Waals surface area contributed by atoms with Gasteiger partial charge in [0, 0.05) is 37.1 Å². The second-order valence-corrected chi connectivity index (χ2v) is 6.63. The molecule has 0 N–H and O–H groups in total.